The van der Waals surface area contributed by atoms with E-state index in [4.69, 9.17) is 18.9 Å². The Morgan fingerprint density at radius 1 is 0.310 bits per heavy atom. The highest BCUT2D eigenvalue weighted by molar-refractivity contribution is 5.70. The van der Waals surface area contributed by atoms with Crippen molar-refractivity contribution in [1.29, 1.82) is 0 Å². The summed E-state index contributed by atoms with van der Waals surface area (Å²) in [5.74, 6) is -0.289. The van der Waals surface area contributed by atoms with E-state index in [1.165, 1.54) is 0 Å². The Bertz CT molecular complexity index is 581. The summed E-state index contributed by atoms with van der Waals surface area (Å²) in [6.45, 7) is 10.3. The minimum atomic E-state index is -0.0782. The number of unbranched alkanes of at least 4 members (excludes halogenated alkanes) is 12. The second-order valence-electron chi connectivity index (χ2n) is 10.8. The fourth-order valence-corrected chi connectivity index (χ4v) is 3.87. The van der Waals surface area contributed by atoms with Gasteiger partial charge >= 0.3 is 23.9 Å². The fourth-order valence-electron chi connectivity index (χ4n) is 3.87. The van der Waals surface area contributed by atoms with Crippen LogP contribution in [0.3, 0.4) is 0 Å². The largest absolute Gasteiger partial charge is 0.466 e. The van der Waals surface area contributed by atoms with Gasteiger partial charge in [-0.2, -0.15) is 0 Å². The third-order valence-electron chi connectivity index (χ3n) is 6.48. The predicted octanol–water partition coefficient (Wildman–Crippen LogP) is 8.81. The van der Waals surface area contributed by atoms with Crippen LogP contribution in [0.5, 0.6) is 0 Å². The summed E-state index contributed by atoms with van der Waals surface area (Å²) in [5.41, 5.74) is 0. The summed E-state index contributed by atoms with van der Waals surface area (Å²) in [7, 11) is 0. The molecule has 8 nitrogen and oxygen atoms in total. The minimum absolute atomic E-state index is 0.0664. The van der Waals surface area contributed by atoms with Crippen molar-refractivity contribution in [3.63, 3.8) is 0 Å². The molecule has 0 aromatic carbocycles. The van der Waals surface area contributed by atoms with E-state index in [0.717, 1.165) is 116 Å². The summed E-state index contributed by atoms with van der Waals surface area (Å²) in [4.78, 5) is 45.2. The summed E-state index contributed by atoms with van der Waals surface area (Å²) in [5, 5.41) is 0. The van der Waals surface area contributed by atoms with Crippen LogP contribution in [0, 0.1) is 0 Å². The van der Waals surface area contributed by atoms with Gasteiger partial charge in [-0.25, -0.2) is 0 Å². The molecule has 0 radical (unpaired) electrons. The molecule has 0 unspecified atom stereocenters. The van der Waals surface area contributed by atoms with Crippen molar-refractivity contribution in [2.75, 3.05) is 26.4 Å². The van der Waals surface area contributed by atoms with Crippen LogP contribution in [0.2, 0.25) is 0 Å². The molecule has 0 fully saturated rings. The SMILES string of the molecule is CCCCOC(=O)CCCCCCCCC(=O)OCCCC.CCCOC(=O)CCCCCCCCC(=O)OCCC. The Morgan fingerprint density at radius 2 is 0.548 bits per heavy atom. The molecule has 0 saturated heterocycles. The molecule has 42 heavy (non-hydrogen) atoms. The molecule has 0 atom stereocenters. The predicted molar refractivity (Wildman–Crippen MR) is 168 cm³/mol. The monoisotopic (exact) mass is 600 g/mol. The Labute approximate surface area is 257 Å². The first kappa shape index (κ1) is 42.0. The summed E-state index contributed by atoms with van der Waals surface area (Å²) >= 11 is 0. The number of carbonyl (C=O) groups excluding carboxylic acids is 4. The highest BCUT2D eigenvalue weighted by Crippen LogP contribution is 2.11. The third kappa shape index (κ3) is 35.9. The van der Waals surface area contributed by atoms with Crippen LogP contribution >= 0.6 is 0 Å². The zero-order valence-corrected chi connectivity index (χ0v) is 27.7. The van der Waals surface area contributed by atoms with Gasteiger partial charge in [0.25, 0.3) is 0 Å². The van der Waals surface area contributed by atoms with Crippen LogP contribution in [0.4, 0.5) is 0 Å². The lowest BCUT2D eigenvalue weighted by Crippen LogP contribution is -2.05. The Balaban J connectivity index is 0. The standard InChI is InChI=1S/C18H34O4.C16H30O4/c1-3-5-15-21-17(19)13-11-9-7-8-10-12-14-18(20)22-16-6-4-2;1-3-13-19-15(17)11-9-7-5-6-8-10-12-16(18)20-14-4-2/h3-16H2,1-2H3;3-14H2,1-2H3. The molecule has 0 bridgehead atoms. The summed E-state index contributed by atoms with van der Waals surface area (Å²) < 4.78 is 20.2. The quantitative estimate of drug-likeness (QED) is 0.0498. The van der Waals surface area contributed by atoms with Crippen LogP contribution in [-0.4, -0.2) is 50.3 Å². The highest BCUT2D eigenvalue weighted by atomic mass is 16.5. The molecule has 0 saturated carbocycles. The van der Waals surface area contributed by atoms with E-state index in [2.05, 4.69) is 13.8 Å². The Kier molecular flexibility index (Phi) is 35.1. The smallest absolute Gasteiger partial charge is 0.305 e. The maximum Gasteiger partial charge on any atom is 0.305 e. The van der Waals surface area contributed by atoms with Gasteiger partial charge in [0.1, 0.15) is 0 Å². The van der Waals surface area contributed by atoms with Crippen molar-refractivity contribution in [2.45, 2.75) is 169 Å². The van der Waals surface area contributed by atoms with Crippen molar-refractivity contribution < 1.29 is 38.1 Å². The molecular formula is C34H64O8. The first-order chi connectivity index (χ1) is 20.4. The van der Waals surface area contributed by atoms with E-state index in [1.807, 2.05) is 13.8 Å². The number of rotatable bonds is 28. The van der Waals surface area contributed by atoms with E-state index < -0.39 is 0 Å². The maximum absolute atomic E-state index is 11.4. The number of esters is 4. The van der Waals surface area contributed by atoms with Gasteiger partial charge in [-0.1, -0.05) is 91.9 Å². The molecule has 248 valence electrons. The average molecular weight is 601 g/mol. The van der Waals surface area contributed by atoms with Gasteiger partial charge in [0, 0.05) is 25.7 Å². The molecule has 0 aliphatic rings. The summed E-state index contributed by atoms with van der Waals surface area (Å²) in [6, 6.07) is 0. The maximum atomic E-state index is 11.4. The molecule has 0 aliphatic heterocycles. The Hall–Kier alpha value is -2.12. The van der Waals surface area contributed by atoms with E-state index in [1.54, 1.807) is 0 Å². The second kappa shape index (κ2) is 35.1. The average Bonchev–Trinajstić information content (AvgIpc) is 2.98. The van der Waals surface area contributed by atoms with Crippen molar-refractivity contribution >= 4 is 23.9 Å². The van der Waals surface area contributed by atoms with E-state index in [0.29, 0.717) is 52.1 Å². The van der Waals surface area contributed by atoms with Gasteiger partial charge < -0.3 is 18.9 Å². The van der Waals surface area contributed by atoms with Gasteiger partial charge in [0.15, 0.2) is 0 Å². The number of hydrogen-bond acceptors (Lipinski definition) is 8. The zero-order chi connectivity index (χ0) is 31.5. The van der Waals surface area contributed by atoms with Gasteiger partial charge in [0.2, 0.25) is 0 Å². The van der Waals surface area contributed by atoms with Crippen LogP contribution < -0.4 is 0 Å². The lowest BCUT2D eigenvalue weighted by Gasteiger charge is -2.05. The van der Waals surface area contributed by atoms with Crippen molar-refractivity contribution in [1.82, 2.24) is 0 Å². The minimum Gasteiger partial charge on any atom is -0.466 e. The van der Waals surface area contributed by atoms with Gasteiger partial charge in [0.05, 0.1) is 26.4 Å². The third-order valence-corrected chi connectivity index (χ3v) is 6.48. The molecule has 0 aromatic heterocycles. The summed E-state index contributed by atoms with van der Waals surface area (Å²) in [6.07, 6.45) is 20.2. The molecule has 0 spiro atoms. The molecule has 8 heteroatoms. The molecule has 0 amide bonds. The molecule has 0 N–H and O–H groups in total. The molecule has 0 aliphatic carbocycles. The molecular weight excluding hydrogens is 536 g/mol. The first-order valence-electron chi connectivity index (χ1n) is 17.0. The highest BCUT2D eigenvalue weighted by Gasteiger charge is 2.05. The van der Waals surface area contributed by atoms with Crippen LogP contribution in [0.25, 0.3) is 0 Å². The van der Waals surface area contributed by atoms with Crippen LogP contribution in [-0.2, 0) is 38.1 Å². The zero-order valence-electron chi connectivity index (χ0n) is 27.7. The van der Waals surface area contributed by atoms with Crippen molar-refractivity contribution in [3.05, 3.63) is 0 Å². The lowest BCUT2D eigenvalue weighted by atomic mass is 10.1. The van der Waals surface area contributed by atoms with Crippen LogP contribution in [0.15, 0.2) is 0 Å². The van der Waals surface area contributed by atoms with Crippen LogP contribution in [0.1, 0.15) is 169 Å². The van der Waals surface area contributed by atoms with Gasteiger partial charge in [-0.05, 0) is 51.4 Å². The van der Waals surface area contributed by atoms with E-state index >= 15 is 0 Å². The van der Waals surface area contributed by atoms with Gasteiger partial charge in [-0.15, -0.1) is 0 Å². The number of ether oxygens (including phenoxy) is 4. The molecule has 0 aromatic rings. The molecule has 0 heterocycles. The lowest BCUT2D eigenvalue weighted by molar-refractivity contribution is -0.144. The van der Waals surface area contributed by atoms with E-state index in [-0.39, 0.29) is 23.9 Å². The Morgan fingerprint density at radius 3 is 0.786 bits per heavy atom. The molecule has 0 rings (SSSR count). The topological polar surface area (TPSA) is 105 Å². The second-order valence-corrected chi connectivity index (χ2v) is 10.8. The van der Waals surface area contributed by atoms with Crippen molar-refractivity contribution in [3.8, 4) is 0 Å². The van der Waals surface area contributed by atoms with E-state index in [9.17, 15) is 19.2 Å². The first-order valence-corrected chi connectivity index (χ1v) is 17.0. The normalized spacial score (nSPS) is 10.4. The van der Waals surface area contributed by atoms with Gasteiger partial charge in [-0.3, -0.25) is 19.2 Å². The fraction of sp³-hybridized carbons (Fsp3) is 0.882. The number of carbonyl (C=O) groups is 4. The number of hydrogen-bond donors (Lipinski definition) is 0. The van der Waals surface area contributed by atoms with Crippen molar-refractivity contribution in [2.24, 2.45) is 0 Å².